The highest BCUT2D eigenvalue weighted by Crippen LogP contribution is 2.31. The van der Waals surface area contributed by atoms with Crippen molar-refractivity contribution >= 4 is 22.5 Å². The Hall–Kier alpha value is -3.70. The third kappa shape index (κ3) is 5.26. The van der Waals surface area contributed by atoms with Gasteiger partial charge in [0.25, 0.3) is 5.91 Å². The topological polar surface area (TPSA) is 111 Å². The number of aliphatic hydroxyl groups excluding tert-OH is 1. The summed E-state index contributed by atoms with van der Waals surface area (Å²) >= 11 is 0. The number of nitriles is 1. The molecule has 186 valence electrons. The van der Waals surface area contributed by atoms with Gasteiger partial charge in [0.2, 0.25) is 0 Å². The van der Waals surface area contributed by atoms with Gasteiger partial charge < -0.3 is 20.1 Å². The number of aromatic nitrogens is 2. The minimum absolute atomic E-state index is 0.0573. The number of carbonyl (C=O) groups is 1. The Morgan fingerprint density at radius 2 is 1.89 bits per heavy atom. The molecule has 0 bridgehead atoms. The predicted molar refractivity (Wildman–Crippen MR) is 137 cm³/mol. The van der Waals surface area contributed by atoms with Crippen LogP contribution in [0.3, 0.4) is 0 Å². The summed E-state index contributed by atoms with van der Waals surface area (Å²) < 4.78 is 6.30. The first-order valence-electron chi connectivity index (χ1n) is 12.7. The number of pyridine rings is 2. The lowest BCUT2D eigenvalue weighted by atomic mass is 9.92. The van der Waals surface area contributed by atoms with Crippen LogP contribution in [0.15, 0.2) is 48.8 Å². The maximum Gasteiger partial charge on any atom is 0.270 e. The molecule has 8 heteroatoms. The van der Waals surface area contributed by atoms with Crippen molar-refractivity contribution in [3.63, 3.8) is 0 Å². The quantitative estimate of drug-likeness (QED) is 0.546. The average Bonchev–Trinajstić information content (AvgIpc) is 2.94. The zero-order valence-corrected chi connectivity index (χ0v) is 20.3. The molecular formula is C28H31N5O3. The molecule has 8 nitrogen and oxygen atoms in total. The van der Waals surface area contributed by atoms with Gasteiger partial charge in [-0.25, -0.2) is 4.98 Å². The number of hydrogen-bond donors (Lipinski definition) is 2. The number of nitrogens with zero attached hydrogens (tertiary/aromatic N) is 4. The zero-order chi connectivity index (χ0) is 24.9. The van der Waals surface area contributed by atoms with Gasteiger partial charge in [-0.05, 0) is 80.8 Å². The van der Waals surface area contributed by atoms with Crippen LogP contribution in [0.5, 0.6) is 5.75 Å². The summed E-state index contributed by atoms with van der Waals surface area (Å²) in [5, 5.41) is 22.6. The number of hydrogen-bond acceptors (Lipinski definition) is 7. The Bertz CT molecular complexity index is 1240. The molecule has 0 radical (unpaired) electrons. The molecule has 1 aliphatic heterocycles. The molecule has 0 unspecified atom stereocenters. The molecule has 3 heterocycles. The summed E-state index contributed by atoms with van der Waals surface area (Å²) in [5.41, 5.74) is 2.65. The summed E-state index contributed by atoms with van der Waals surface area (Å²) in [6, 6.07) is 13.4. The number of carbonyl (C=O) groups excluding carboxylic acids is 1. The van der Waals surface area contributed by atoms with Crippen molar-refractivity contribution in [3.05, 3.63) is 60.0 Å². The summed E-state index contributed by atoms with van der Waals surface area (Å²) in [6.07, 6.45) is 8.81. The summed E-state index contributed by atoms with van der Waals surface area (Å²) in [7, 11) is 0. The van der Waals surface area contributed by atoms with E-state index in [0.717, 1.165) is 68.4 Å². The lowest BCUT2D eigenvalue weighted by Crippen LogP contribution is -2.40. The summed E-state index contributed by atoms with van der Waals surface area (Å²) in [5.74, 6) is 0.990. The van der Waals surface area contributed by atoms with Gasteiger partial charge in [0.1, 0.15) is 17.5 Å². The van der Waals surface area contributed by atoms with Crippen LogP contribution in [-0.2, 0) is 0 Å². The molecule has 1 aromatic carbocycles. The normalized spacial score (nSPS) is 20.6. The van der Waals surface area contributed by atoms with E-state index in [2.05, 4.69) is 26.3 Å². The van der Waals surface area contributed by atoms with E-state index in [1.807, 2.05) is 24.3 Å². The van der Waals surface area contributed by atoms with E-state index < -0.39 is 0 Å². The number of aliphatic hydroxyl groups is 1. The monoisotopic (exact) mass is 485 g/mol. The van der Waals surface area contributed by atoms with E-state index in [-0.39, 0.29) is 24.7 Å². The van der Waals surface area contributed by atoms with Gasteiger partial charge >= 0.3 is 0 Å². The number of piperidine rings is 1. The SMILES string of the molecule is N#Cc1ccc(OC2CCC(NC(=O)c3ccc(N4CCC(CO)CC4)cn3)CC2)c2cccnc12. The third-order valence-corrected chi connectivity index (χ3v) is 7.37. The zero-order valence-electron chi connectivity index (χ0n) is 20.3. The fraction of sp³-hybridized carbons (Fsp3) is 0.429. The first-order chi connectivity index (χ1) is 17.6. The number of amides is 1. The van der Waals surface area contributed by atoms with Crippen molar-refractivity contribution in [3.8, 4) is 11.8 Å². The molecule has 2 fully saturated rings. The van der Waals surface area contributed by atoms with Crippen molar-refractivity contribution in [2.45, 2.75) is 50.7 Å². The standard InChI is InChI=1S/C28H31N5O3/c29-16-20-3-10-26(24-2-1-13-30-27(20)24)36-23-7-4-21(5-8-23)32-28(35)25-9-6-22(17-31-25)33-14-11-19(18-34)12-15-33/h1-3,6,9-10,13,17,19,21,23,34H,4-5,7-8,11-12,14-15,18H2,(H,32,35). The van der Waals surface area contributed by atoms with Gasteiger partial charge in [-0.15, -0.1) is 0 Å². The fourth-order valence-electron chi connectivity index (χ4n) is 5.18. The Morgan fingerprint density at radius 3 is 2.58 bits per heavy atom. The van der Waals surface area contributed by atoms with Crippen LogP contribution in [-0.4, -0.2) is 52.8 Å². The molecule has 0 spiro atoms. The lowest BCUT2D eigenvalue weighted by molar-refractivity contribution is 0.0890. The Kier molecular flexibility index (Phi) is 7.28. The second kappa shape index (κ2) is 10.9. The minimum atomic E-state index is -0.144. The number of benzene rings is 1. The van der Waals surface area contributed by atoms with Gasteiger partial charge in [-0.3, -0.25) is 9.78 Å². The molecule has 1 saturated carbocycles. The van der Waals surface area contributed by atoms with Gasteiger partial charge in [0.15, 0.2) is 0 Å². The molecule has 1 aliphatic carbocycles. The van der Waals surface area contributed by atoms with Crippen LogP contribution >= 0.6 is 0 Å². The number of nitrogens with one attached hydrogen (secondary N) is 1. The predicted octanol–water partition coefficient (Wildman–Crippen LogP) is 3.83. The first-order valence-corrected chi connectivity index (χ1v) is 12.7. The lowest BCUT2D eigenvalue weighted by Gasteiger charge is -2.32. The maximum atomic E-state index is 12.8. The van der Waals surface area contributed by atoms with Crippen LogP contribution in [0.4, 0.5) is 5.69 Å². The molecule has 1 amide bonds. The number of rotatable bonds is 6. The van der Waals surface area contributed by atoms with Crippen LogP contribution in [0, 0.1) is 17.2 Å². The molecule has 3 aromatic rings. The van der Waals surface area contributed by atoms with E-state index in [9.17, 15) is 15.2 Å². The van der Waals surface area contributed by atoms with Crippen molar-refractivity contribution in [1.82, 2.24) is 15.3 Å². The highest BCUT2D eigenvalue weighted by atomic mass is 16.5. The largest absolute Gasteiger partial charge is 0.490 e. The minimum Gasteiger partial charge on any atom is -0.490 e. The molecule has 2 aliphatic rings. The van der Waals surface area contributed by atoms with E-state index >= 15 is 0 Å². The molecule has 5 rings (SSSR count). The van der Waals surface area contributed by atoms with Crippen LogP contribution in [0.1, 0.15) is 54.6 Å². The number of ether oxygens (including phenoxy) is 1. The second-order valence-corrected chi connectivity index (χ2v) is 9.70. The Morgan fingerprint density at radius 1 is 1.08 bits per heavy atom. The van der Waals surface area contributed by atoms with Crippen LogP contribution in [0.25, 0.3) is 10.9 Å². The van der Waals surface area contributed by atoms with Crippen molar-refractivity contribution in [2.75, 3.05) is 24.6 Å². The summed E-state index contributed by atoms with van der Waals surface area (Å²) in [4.78, 5) is 23.8. The van der Waals surface area contributed by atoms with E-state index in [1.165, 1.54) is 0 Å². The summed E-state index contributed by atoms with van der Waals surface area (Å²) in [6.45, 7) is 2.06. The highest BCUT2D eigenvalue weighted by molar-refractivity contribution is 5.92. The van der Waals surface area contributed by atoms with Crippen molar-refractivity contribution in [1.29, 1.82) is 5.26 Å². The second-order valence-electron chi connectivity index (χ2n) is 9.70. The van der Waals surface area contributed by atoms with Gasteiger partial charge in [0, 0.05) is 37.3 Å². The maximum absolute atomic E-state index is 12.8. The first kappa shape index (κ1) is 24.0. The van der Waals surface area contributed by atoms with Crippen molar-refractivity contribution in [2.24, 2.45) is 5.92 Å². The Balaban J connectivity index is 1.13. The molecule has 36 heavy (non-hydrogen) atoms. The Labute approximate surface area is 210 Å². The molecule has 1 saturated heterocycles. The van der Waals surface area contributed by atoms with Crippen LogP contribution in [0.2, 0.25) is 0 Å². The molecule has 2 N–H and O–H groups in total. The highest BCUT2D eigenvalue weighted by Gasteiger charge is 2.25. The van der Waals surface area contributed by atoms with Gasteiger partial charge in [-0.2, -0.15) is 5.26 Å². The average molecular weight is 486 g/mol. The number of fused-ring (bicyclic) bond motifs is 1. The fourth-order valence-corrected chi connectivity index (χ4v) is 5.18. The third-order valence-electron chi connectivity index (χ3n) is 7.37. The van der Waals surface area contributed by atoms with Crippen LogP contribution < -0.4 is 15.0 Å². The number of anilines is 1. The van der Waals surface area contributed by atoms with E-state index in [1.54, 1.807) is 24.5 Å². The van der Waals surface area contributed by atoms with E-state index in [4.69, 9.17) is 4.74 Å². The van der Waals surface area contributed by atoms with Crippen molar-refractivity contribution < 1.29 is 14.6 Å². The van der Waals surface area contributed by atoms with E-state index in [0.29, 0.717) is 22.7 Å². The smallest absolute Gasteiger partial charge is 0.270 e. The molecule has 0 atom stereocenters. The van der Waals surface area contributed by atoms with Gasteiger partial charge in [0.05, 0.1) is 29.1 Å². The molecular weight excluding hydrogens is 454 g/mol. The molecule has 2 aromatic heterocycles. The van der Waals surface area contributed by atoms with Gasteiger partial charge in [-0.1, -0.05) is 0 Å².